The van der Waals surface area contributed by atoms with Crippen molar-refractivity contribution in [2.45, 2.75) is 13.3 Å². The minimum absolute atomic E-state index is 0.0224. The molecule has 0 bridgehead atoms. The molecule has 0 heterocycles. The molecule has 0 spiro atoms. The van der Waals surface area contributed by atoms with E-state index in [2.05, 4.69) is 0 Å². The summed E-state index contributed by atoms with van der Waals surface area (Å²) in [5.41, 5.74) is 4.30. The highest BCUT2D eigenvalue weighted by atomic mass is 16.3. The lowest BCUT2D eigenvalue weighted by molar-refractivity contribution is 0.104. The standard InChI is InChI=1S/C17H14O2/c1-11-5-2-3-6-12(11)9-13-10-15-14(17(13)19)7-4-8-16(15)18/h2-9,18H,10H2,1H3/b13-9-. The molecule has 3 rings (SSSR count). The van der Waals surface area contributed by atoms with Crippen LogP contribution in [-0.4, -0.2) is 10.9 Å². The van der Waals surface area contributed by atoms with Gasteiger partial charge in [0.15, 0.2) is 5.78 Å². The first-order valence-electron chi connectivity index (χ1n) is 6.28. The Labute approximate surface area is 112 Å². The number of phenols is 1. The summed E-state index contributed by atoms with van der Waals surface area (Å²) in [5.74, 6) is 0.230. The van der Waals surface area contributed by atoms with E-state index < -0.39 is 0 Å². The van der Waals surface area contributed by atoms with Crippen molar-refractivity contribution in [2.24, 2.45) is 0 Å². The molecule has 2 aromatic carbocycles. The maximum absolute atomic E-state index is 12.3. The third kappa shape index (κ3) is 1.95. The highest BCUT2D eigenvalue weighted by Crippen LogP contribution is 2.33. The number of ketones is 1. The van der Waals surface area contributed by atoms with Crippen LogP contribution in [0.25, 0.3) is 6.08 Å². The molecule has 2 heteroatoms. The molecule has 1 N–H and O–H groups in total. The number of aromatic hydroxyl groups is 1. The average molecular weight is 250 g/mol. The molecule has 19 heavy (non-hydrogen) atoms. The van der Waals surface area contributed by atoms with Crippen molar-refractivity contribution in [3.05, 3.63) is 70.3 Å². The fraction of sp³-hybridized carbons (Fsp3) is 0.118. The summed E-state index contributed by atoms with van der Waals surface area (Å²) in [5, 5.41) is 9.81. The highest BCUT2D eigenvalue weighted by Gasteiger charge is 2.26. The predicted octanol–water partition coefficient (Wildman–Crippen LogP) is 3.52. The second kappa shape index (κ2) is 4.39. The first-order chi connectivity index (χ1) is 9.16. The van der Waals surface area contributed by atoms with E-state index in [0.29, 0.717) is 12.0 Å². The molecule has 0 saturated carbocycles. The molecule has 0 unspecified atom stereocenters. The van der Waals surface area contributed by atoms with Gasteiger partial charge in [0.05, 0.1) is 0 Å². The Morgan fingerprint density at radius 1 is 1.11 bits per heavy atom. The van der Waals surface area contributed by atoms with E-state index in [9.17, 15) is 9.90 Å². The second-order valence-electron chi connectivity index (χ2n) is 4.84. The van der Waals surface area contributed by atoms with Crippen LogP contribution in [0, 0.1) is 6.92 Å². The maximum Gasteiger partial charge on any atom is 0.189 e. The molecule has 0 amide bonds. The second-order valence-corrected chi connectivity index (χ2v) is 4.84. The zero-order chi connectivity index (χ0) is 13.4. The molecular weight excluding hydrogens is 236 g/mol. The molecule has 0 fully saturated rings. The van der Waals surface area contributed by atoms with E-state index in [-0.39, 0.29) is 11.5 Å². The van der Waals surface area contributed by atoms with Gasteiger partial charge >= 0.3 is 0 Å². The molecule has 0 aliphatic heterocycles. The number of phenolic OH excluding ortho intramolecular Hbond substituents is 1. The van der Waals surface area contributed by atoms with Gasteiger partial charge in [-0.25, -0.2) is 0 Å². The van der Waals surface area contributed by atoms with Crippen LogP contribution in [0.4, 0.5) is 0 Å². The Morgan fingerprint density at radius 2 is 1.89 bits per heavy atom. The van der Waals surface area contributed by atoms with Crippen molar-refractivity contribution >= 4 is 11.9 Å². The molecule has 0 aromatic heterocycles. The molecule has 0 atom stereocenters. The van der Waals surface area contributed by atoms with Crippen molar-refractivity contribution in [1.82, 2.24) is 0 Å². The Kier molecular flexibility index (Phi) is 2.71. The SMILES string of the molecule is Cc1ccccc1/C=C1/Cc2c(O)cccc2C1=O. The van der Waals surface area contributed by atoms with Crippen LogP contribution in [0.5, 0.6) is 5.75 Å². The van der Waals surface area contributed by atoms with Crippen LogP contribution in [-0.2, 0) is 6.42 Å². The summed E-state index contributed by atoms with van der Waals surface area (Å²) in [6.45, 7) is 2.02. The fourth-order valence-electron chi connectivity index (χ4n) is 2.47. The molecule has 0 saturated heterocycles. The van der Waals surface area contributed by atoms with Crippen LogP contribution in [0.1, 0.15) is 27.0 Å². The van der Waals surface area contributed by atoms with Crippen molar-refractivity contribution < 1.29 is 9.90 Å². The quantitative estimate of drug-likeness (QED) is 0.786. The van der Waals surface area contributed by atoms with E-state index in [1.807, 2.05) is 37.3 Å². The van der Waals surface area contributed by atoms with Crippen LogP contribution in [0.15, 0.2) is 48.0 Å². The summed E-state index contributed by atoms with van der Waals surface area (Å²) in [6, 6.07) is 13.1. The van der Waals surface area contributed by atoms with Gasteiger partial charge in [0.1, 0.15) is 5.75 Å². The van der Waals surface area contributed by atoms with E-state index >= 15 is 0 Å². The van der Waals surface area contributed by atoms with Crippen molar-refractivity contribution in [3.8, 4) is 5.75 Å². The summed E-state index contributed by atoms with van der Waals surface area (Å²) in [7, 11) is 0. The minimum Gasteiger partial charge on any atom is -0.508 e. The molecule has 0 radical (unpaired) electrons. The third-order valence-electron chi connectivity index (χ3n) is 3.57. The largest absolute Gasteiger partial charge is 0.508 e. The Balaban J connectivity index is 2.05. The maximum atomic E-state index is 12.3. The Morgan fingerprint density at radius 3 is 2.63 bits per heavy atom. The topological polar surface area (TPSA) is 37.3 Å². The summed E-state index contributed by atoms with van der Waals surface area (Å²) < 4.78 is 0. The first-order valence-corrected chi connectivity index (χ1v) is 6.28. The number of Topliss-reactive ketones (excluding diaryl/α,β-unsaturated/α-hetero) is 1. The number of carbonyl (C=O) groups is 1. The van der Waals surface area contributed by atoms with Gasteiger partial charge in [0, 0.05) is 23.1 Å². The smallest absolute Gasteiger partial charge is 0.189 e. The number of rotatable bonds is 1. The van der Waals surface area contributed by atoms with Gasteiger partial charge in [-0.15, -0.1) is 0 Å². The highest BCUT2D eigenvalue weighted by molar-refractivity contribution is 6.16. The molecule has 2 aromatic rings. The number of fused-ring (bicyclic) bond motifs is 1. The number of allylic oxidation sites excluding steroid dienone is 1. The predicted molar refractivity (Wildman–Crippen MR) is 75.3 cm³/mol. The lowest BCUT2D eigenvalue weighted by Crippen LogP contribution is -1.95. The average Bonchev–Trinajstić information content (AvgIpc) is 2.72. The Hall–Kier alpha value is -2.35. The van der Waals surface area contributed by atoms with Crippen molar-refractivity contribution in [1.29, 1.82) is 0 Å². The van der Waals surface area contributed by atoms with Gasteiger partial charge in [0.25, 0.3) is 0 Å². The summed E-state index contributed by atoms with van der Waals surface area (Å²) >= 11 is 0. The molecule has 94 valence electrons. The number of carbonyl (C=O) groups excluding carboxylic acids is 1. The van der Waals surface area contributed by atoms with Crippen molar-refractivity contribution in [3.63, 3.8) is 0 Å². The monoisotopic (exact) mass is 250 g/mol. The number of benzene rings is 2. The van der Waals surface area contributed by atoms with E-state index in [1.165, 1.54) is 0 Å². The van der Waals surface area contributed by atoms with Gasteiger partial charge in [-0.2, -0.15) is 0 Å². The lowest BCUT2D eigenvalue weighted by Gasteiger charge is -2.00. The summed E-state index contributed by atoms with van der Waals surface area (Å²) in [6.07, 6.45) is 2.44. The van der Waals surface area contributed by atoms with Crippen LogP contribution >= 0.6 is 0 Å². The summed E-state index contributed by atoms with van der Waals surface area (Å²) in [4.78, 5) is 12.3. The number of aryl methyl sites for hydroxylation is 1. The number of hydrogen-bond acceptors (Lipinski definition) is 2. The zero-order valence-electron chi connectivity index (χ0n) is 10.7. The van der Waals surface area contributed by atoms with Gasteiger partial charge < -0.3 is 5.11 Å². The first kappa shape index (κ1) is 11.7. The molecule has 1 aliphatic carbocycles. The van der Waals surface area contributed by atoms with Gasteiger partial charge in [0.2, 0.25) is 0 Å². The van der Waals surface area contributed by atoms with Gasteiger partial charge in [-0.1, -0.05) is 36.4 Å². The minimum atomic E-state index is 0.0224. The van der Waals surface area contributed by atoms with E-state index in [4.69, 9.17) is 0 Å². The van der Waals surface area contributed by atoms with Crippen LogP contribution in [0.2, 0.25) is 0 Å². The van der Waals surface area contributed by atoms with Crippen molar-refractivity contribution in [2.75, 3.05) is 0 Å². The molecule has 2 nitrogen and oxygen atoms in total. The van der Waals surface area contributed by atoms with Gasteiger partial charge in [-0.3, -0.25) is 4.79 Å². The normalized spacial score (nSPS) is 15.8. The Bertz CT molecular complexity index is 696. The number of hydrogen-bond donors (Lipinski definition) is 1. The lowest BCUT2D eigenvalue weighted by atomic mass is 10.0. The molecule has 1 aliphatic rings. The molecular formula is C17H14O2. The zero-order valence-corrected chi connectivity index (χ0v) is 10.7. The van der Waals surface area contributed by atoms with Crippen LogP contribution in [0.3, 0.4) is 0 Å². The van der Waals surface area contributed by atoms with Gasteiger partial charge in [-0.05, 0) is 30.2 Å². The fourth-order valence-corrected chi connectivity index (χ4v) is 2.47. The van der Waals surface area contributed by atoms with E-state index in [1.54, 1.807) is 18.2 Å². The van der Waals surface area contributed by atoms with E-state index in [0.717, 1.165) is 22.3 Å². The third-order valence-corrected chi connectivity index (χ3v) is 3.57. The van der Waals surface area contributed by atoms with Crippen LogP contribution < -0.4 is 0 Å².